The van der Waals surface area contributed by atoms with Gasteiger partial charge in [-0.1, -0.05) is 29.8 Å². The van der Waals surface area contributed by atoms with Crippen LogP contribution in [0.4, 0.5) is 13.2 Å². The average molecular weight is 223 g/mol. The first-order chi connectivity index (χ1) is 6.38. The van der Waals surface area contributed by atoms with Crippen molar-refractivity contribution in [2.75, 3.05) is 0 Å². The SMILES string of the molecule is Cc1cccc(C(Cl)CC(F)(F)F)c1. The molecule has 1 atom stereocenters. The summed E-state index contributed by atoms with van der Waals surface area (Å²) in [5, 5.41) is -0.991. The Kier molecular flexibility index (Phi) is 3.43. The van der Waals surface area contributed by atoms with Crippen LogP contribution in [0.1, 0.15) is 22.9 Å². The van der Waals surface area contributed by atoms with Crippen LogP contribution in [0, 0.1) is 6.92 Å². The molecule has 0 spiro atoms. The Morgan fingerprint density at radius 2 is 2.00 bits per heavy atom. The van der Waals surface area contributed by atoms with Crippen LogP contribution in [0.15, 0.2) is 24.3 Å². The van der Waals surface area contributed by atoms with Crippen LogP contribution < -0.4 is 0 Å². The molecule has 1 rings (SSSR count). The van der Waals surface area contributed by atoms with E-state index in [0.717, 1.165) is 5.56 Å². The molecule has 0 aromatic heterocycles. The number of rotatable bonds is 2. The van der Waals surface area contributed by atoms with Gasteiger partial charge in [0, 0.05) is 0 Å². The minimum absolute atomic E-state index is 0.518. The molecule has 0 aliphatic heterocycles. The van der Waals surface area contributed by atoms with Crippen molar-refractivity contribution in [3.8, 4) is 0 Å². The van der Waals surface area contributed by atoms with E-state index in [9.17, 15) is 13.2 Å². The molecule has 0 nitrogen and oxygen atoms in total. The highest BCUT2D eigenvalue weighted by molar-refractivity contribution is 6.20. The summed E-state index contributed by atoms with van der Waals surface area (Å²) in [6, 6.07) is 6.80. The van der Waals surface area contributed by atoms with Crippen LogP contribution in [0.2, 0.25) is 0 Å². The second kappa shape index (κ2) is 4.22. The van der Waals surface area contributed by atoms with Crippen molar-refractivity contribution in [2.45, 2.75) is 24.9 Å². The Bertz CT molecular complexity index is 306. The molecule has 0 saturated carbocycles. The number of benzene rings is 1. The lowest BCUT2D eigenvalue weighted by atomic mass is 10.1. The van der Waals surface area contributed by atoms with E-state index in [2.05, 4.69) is 0 Å². The standard InChI is InChI=1S/C10H10ClF3/c1-7-3-2-4-8(5-7)9(11)6-10(12,13)14/h2-5,9H,6H2,1H3. The maximum Gasteiger partial charge on any atom is 0.390 e. The van der Waals surface area contributed by atoms with Gasteiger partial charge in [0.2, 0.25) is 0 Å². The zero-order chi connectivity index (χ0) is 10.8. The third-order valence-electron chi connectivity index (χ3n) is 1.81. The van der Waals surface area contributed by atoms with E-state index < -0.39 is 18.0 Å². The first kappa shape index (κ1) is 11.4. The molecule has 14 heavy (non-hydrogen) atoms. The highest BCUT2D eigenvalue weighted by atomic mass is 35.5. The summed E-state index contributed by atoms with van der Waals surface area (Å²) < 4.78 is 36.0. The van der Waals surface area contributed by atoms with Gasteiger partial charge < -0.3 is 0 Å². The minimum atomic E-state index is -4.21. The van der Waals surface area contributed by atoms with Gasteiger partial charge in [-0.05, 0) is 12.5 Å². The van der Waals surface area contributed by atoms with Crippen molar-refractivity contribution in [2.24, 2.45) is 0 Å². The second-order valence-corrected chi connectivity index (χ2v) is 3.73. The van der Waals surface area contributed by atoms with Crippen LogP contribution in [-0.4, -0.2) is 6.18 Å². The Hall–Kier alpha value is -0.700. The summed E-state index contributed by atoms with van der Waals surface area (Å²) >= 11 is 5.64. The quantitative estimate of drug-likeness (QED) is 0.657. The Morgan fingerprint density at radius 1 is 1.36 bits per heavy atom. The van der Waals surface area contributed by atoms with E-state index in [0.29, 0.717) is 5.56 Å². The minimum Gasteiger partial charge on any atom is -0.171 e. The van der Waals surface area contributed by atoms with Gasteiger partial charge in [-0.25, -0.2) is 0 Å². The Balaban J connectivity index is 2.74. The summed E-state index contributed by atoms with van der Waals surface area (Å²) in [6.07, 6.45) is -5.20. The summed E-state index contributed by atoms with van der Waals surface area (Å²) in [5.74, 6) is 0. The smallest absolute Gasteiger partial charge is 0.171 e. The lowest BCUT2D eigenvalue weighted by Crippen LogP contribution is -2.10. The van der Waals surface area contributed by atoms with Gasteiger partial charge in [0.15, 0.2) is 0 Å². The Morgan fingerprint density at radius 3 is 2.50 bits per heavy atom. The molecule has 0 bridgehead atoms. The lowest BCUT2D eigenvalue weighted by Gasteiger charge is -2.12. The van der Waals surface area contributed by atoms with Crippen LogP contribution in [0.3, 0.4) is 0 Å². The monoisotopic (exact) mass is 222 g/mol. The molecule has 0 aliphatic rings. The van der Waals surface area contributed by atoms with Crippen LogP contribution >= 0.6 is 11.6 Å². The van der Waals surface area contributed by atoms with Crippen molar-refractivity contribution >= 4 is 11.6 Å². The maximum atomic E-state index is 12.0. The molecule has 1 unspecified atom stereocenters. The van der Waals surface area contributed by atoms with E-state index in [1.165, 1.54) is 0 Å². The van der Waals surface area contributed by atoms with Gasteiger partial charge in [0.1, 0.15) is 0 Å². The third-order valence-corrected chi connectivity index (χ3v) is 2.22. The topological polar surface area (TPSA) is 0 Å². The number of hydrogen-bond acceptors (Lipinski definition) is 0. The number of alkyl halides is 4. The normalized spacial score (nSPS) is 14.1. The average Bonchev–Trinajstić information content (AvgIpc) is 2.01. The van der Waals surface area contributed by atoms with Crippen LogP contribution in [-0.2, 0) is 0 Å². The summed E-state index contributed by atoms with van der Waals surface area (Å²) in [5.41, 5.74) is 1.43. The molecule has 0 aliphatic carbocycles. The van der Waals surface area contributed by atoms with Gasteiger partial charge >= 0.3 is 6.18 Å². The van der Waals surface area contributed by atoms with E-state index in [-0.39, 0.29) is 0 Å². The fraction of sp³-hybridized carbons (Fsp3) is 0.400. The van der Waals surface area contributed by atoms with Crippen molar-refractivity contribution in [1.29, 1.82) is 0 Å². The molecule has 1 aromatic carbocycles. The summed E-state index contributed by atoms with van der Waals surface area (Å²) in [6.45, 7) is 1.82. The fourth-order valence-electron chi connectivity index (χ4n) is 1.19. The van der Waals surface area contributed by atoms with E-state index in [1.54, 1.807) is 18.2 Å². The van der Waals surface area contributed by atoms with Gasteiger partial charge in [-0.2, -0.15) is 13.2 Å². The van der Waals surface area contributed by atoms with Crippen molar-refractivity contribution < 1.29 is 13.2 Å². The predicted octanol–water partition coefficient (Wildman–Crippen LogP) is 4.23. The molecular formula is C10H10ClF3. The molecule has 0 N–H and O–H groups in total. The van der Waals surface area contributed by atoms with Crippen molar-refractivity contribution in [3.63, 3.8) is 0 Å². The number of halogens is 4. The van der Waals surface area contributed by atoms with Gasteiger partial charge in [0.25, 0.3) is 0 Å². The molecule has 0 amide bonds. The molecule has 0 heterocycles. The second-order valence-electron chi connectivity index (χ2n) is 3.20. The van der Waals surface area contributed by atoms with Crippen molar-refractivity contribution in [1.82, 2.24) is 0 Å². The molecule has 1 aromatic rings. The molecule has 78 valence electrons. The number of hydrogen-bond donors (Lipinski definition) is 0. The van der Waals surface area contributed by atoms with Gasteiger partial charge in [0.05, 0.1) is 11.8 Å². The molecule has 0 saturated heterocycles. The van der Waals surface area contributed by atoms with Crippen molar-refractivity contribution in [3.05, 3.63) is 35.4 Å². The zero-order valence-corrected chi connectivity index (χ0v) is 8.36. The molecule has 0 radical (unpaired) electrons. The summed E-state index contributed by atoms with van der Waals surface area (Å²) in [4.78, 5) is 0. The Labute approximate surface area is 85.7 Å². The fourth-order valence-corrected chi connectivity index (χ4v) is 1.50. The molecule has 4 heteroatoms. The third kappa shape index (κ3) is 3.58. The van der Waals surface area contributed by atoms with Crippen LogP contribution in [0.5, 0.6) is 0 Å². The highest BCUT2D eigenvalue weighted by Gasteiger charge is 2.31. The highest BCUT2D eigenvalue weighted by Crippen LogP contribution is 2.33. The van der Waals surface area contributed by atoms with E-state index >= 15 is 0 Å². The zero-order valence-electron chi connectivity index (χ0n) is 7.61. The summed E-state index contributed by atoms with van der Waals surface area (Å²) in [7, 11) is 0. The first-order valence-electron chi connectivity index (χ1n) is 4.16. The van der Waals surface area contributed by atoms with Gasteiger partial charge in [-0.3, -0.25) is 0 Å². The van der Waals surface area contributed by atoms with E-state index in [4.69, 9.17) is 11.6 Å². The van der Waals surface area contributed by atoms with E-state index in [1.807, 2.05) is 13.0 Å². The predicted molar refractivity (Wildman–Crippen MR) is 50.4 cm³/mol. The maximum absolute atomic E-state index is 12.0. The largest absolute Gasteiger partial charge is 0.390 e. The van der Waals surface area contributed by atoms with Gasteiger partial charge in [-0.15, -0.1) is 11.6 Å². The molecular weight excluding hydrogens is 213 g/mol. The lowest BCUT2D eigenvalue weighted by molar-refractivity contribution is -0.134. The number of aryl methyl sites for hydroxylation is 1. The van der Waals surface area contributed by atoms with Crippen LogP contribution in [0.25, 0.3) is 0 Å². The first-order valence-corrected chi connectivity index (χ1v) is 4.59. The molecule has 0 fully saturated rings.